The van der Waals surface area contributed by atoms with E-state index in [-0.39, 0.29) is 29.9 Å². The summed E-state index contributed by atoms with van der Waals surface area (Å²) in [7, 11) is 6.70. The van der Waals surface area contributed by atoms with Crippen LogP contribution in [0.2, 0.25) is 0 Å². The van der Waals surface area contributed by atoms with Gasteiger partial charge in [-0.3, -0.25) is 28.9 Å². The summed E-state index contributed by atoms with van der Waals surface area (Å²) in [4.78, 5) is 75.3. The van der Waals surface area contributed by atoms with Crippen molar-refractivity contribution >= 4 is 58.0 Å². The molecule has 1 amide bonds. The van der Waals surface area contributed by atoms with Crippen molar-refractivity contribution < 1.29 is 37.9 Å². The van der Waals surface area contributed by atoms with Crippen molar-refractivity contribution in [2.75, 3.05) is 33.1 Å². The molecule has 44 heavy (non-hydrogen) atoms. The van der Waals surface area contributed by atoms with E-state index in [1.165, 1.54) is 23.1 Å². The van der Waals surface area contributed by atoms with E-state index in [0.717, 1.165) is 0 Å². The first-order chi connectivity index (χ1) is 20.8. The molecule has 6 atom stereocenters. The fraction of sp³-hybridized carbons (Fsp3) is 0.375. The fourth-order valence-electron chi connectivity index (χ4n) is 7.30. The molecular weight excluding hydrogens is 571 g/mol. The molecule has 0 aliphatic heterocycles. The average Bonchev–Trinajstić information content (AvgIpc) is 3.36. The van der Waals surface area contributed by atoms with Gasteiger partial charge < -0.3 is 20.2 Å². The molecule has 6 rings (SSSR count). The lowest BCUT2D eigenvalue weighted by Crippen LogP contribution is -2.74. The molecule has 3 N–H and O–H groups in total. The Hall–Kier alpha value is -4.55. The van der Waals surface area contributed by atoms with Gasteiger partial charge in [0.25, 0.3) is 0 Å². The molecule has 3 aliphatic carbocycles. The number of amides is 1. The van der Waals surface area contributed by atoms with Crippen LogP contribution in [0.15, 0.2) is 34.7 Å². The molecule has 0 bridgehead atoms. The average molecular weight is 603 g/mol. The summed E-state index contributed by atoms with van der Waals surface area (Å²) in [6, 6.07) is 6.77. The largest absolute Gasteiger partial charge is 0.436 e. The van der Waals surface area contributed by atoms with Gasteiger partial charge in [0.2, 0.25) is 11.8 Å². The number of nitrogens with zero attached hydrogens (tertiary/aromatic N) is 3. The van der Waals surface area contributed by atoms with E-state index in [1.54, 1.807) is 52.5 Å². The summed E-state index contributed by atoms with van der Waals surface area (Å²) in [6.45, 7) is 0. The van der Waals surface area contributed by atoms with Gasteiger partial charge in [-0.25, -0.2) is 9.37 Å². The Balaban J connectivity index is 1.48. The summed E-state index contributed by atoms with van der Waals surface area (Å²) >= 11 is 0. The third-order valence-corrected chi connectivity index (χ3v) is 9.23. The Morgan fingerprint density at radius 2 is 1.82 bits per heavy atom. The highest BCUT2D eigenvalue weighted by atomic mass is 19.1. The molecule has 1 aromatic heterocycles. The lowest BCUT2D eigenvalue weighted by atomic mass is 9.52. The van der Waals surface area contributed by atoms with Gasteiger partial charge in [-0.1, -0.05) is 18.2 Å². The van der Waals surface area contributed by atoms with Crippen molar-refractivity contribution in [3.05, 3.63) is 58.7 Å². The van der Waals surface area contributed by atoms with Gasteiger partial charge in [-0.05, 0) is 56.6 Å². The number of aliphatic hydroxyl groups is 1. The first kappa shape index (κ1) is 29.5. The molecule has 1 heterocycles. The summed E-state index contributed by atoms with van der Waals surface area (Å²) < 4.78 is 20.2. The summed E-state index contributed by atoms with van der Waals surface area (Å²) in [6.07, 6.45) is 3.18. The zero-order chi connectivity index (χ0) is 31.8. The SMILES string of the molecule is CN(C)c1cc2nc(C=Cc3ccccc3F)oc2c2c1C[C@H]1C[C@H]3[C@H](N(C)C)C(=O)C(C(N)=O)C(=O)[C@@]3(O)C(=O)C1C2=O. The van der Waals surface area contributed by atoms with E-state index >= 15 is 0 Å². The number of primary amides is 1. The highest BCUT2D eigenvalue weighted by Crippen LogP contribution is 2.51. The van der Waals surface area contributed by atoms with Crippen LogP contribution in [0.3, 0.4) is 0 Å². The fourth-order valence-corrected chi connectivity index (χ4v) is 7.30. The molecule has 0 spiro atoms. The number of carbonyl (C=O) groups is 5. The lowest BCUT2D eigenvalue weighted by molar-refractivity contribution is -0.181. The first-order valence-electron chi connectivity index (χ1n) is 14.2. The number of hydrogen-bond donors (Lipinski definition) is 2. The van der Waals surface area contributed by atoms with Crippen LogP contribution in [0, 0.1) is 29.5 Å². The molecule has 3 aromatic rings. The monoisotopic (exact) mass is 602 g/mol. The third-order valence-electron chi connectivity index (χ3n) is 9.23. The topological polar surface area (TPSA) is 164 Å². The number of anilines is 1. The van der Waals surface area contributed by atoms with E-state index < -0.39 is 70.2 Å². The quantitative estimate of drug-likeness (QED) is 0.411. The van der Waals surface area contributed by atoms with Crippen LogP contribution in [-0.2, 0) is 25.6 Å². The normalized spacial score (nSPS) is 28.4. The number of aromatic nitrogens is 1. The van der Waals surface area contributed by atoms with Crippen molar-refractivity contribution in [1.82, 2.24) is 9.88 Å². The van der Waals surface area contributed by atoms with Crippen molar-refractivity contribution in [1.29, 1.82) is 0 Å². The van der Waals surface area contributed by atoms with E-state index in [4.69, 9.17) is 10.2 Å². The molecule has 12 heteroatoms. The van der Waals surface area contributed by atoms with Crippen LogP contribution in [0.25, 0.3) is 23.3 Å². The summed E-state index contributed by atoms with van der Waals surface area (Å²) in [5.41, 5.74) is 4.78. The molecule has 11 nitrogen and oxygen atoms in total. The van der Waals surface area contributed by atoms with Crippen molar-refractivity contribution in [3.8, 4) is 0 Å². The first-order valence-corrected chi connectivity index (χ1v) is 14.2. The van der Waals surface area contributed by atoms with Crippen molar-refractivity contribution in [2.24, 2.45) is 29.4 Å². The predicted octanol–water partition coefficient (Wildman–Crippen LogP) is 1.68. The number of Topliss-reactive ketones (excluding diaryl/α,β-unsaturated/α-hetero) is 4. The Bertz CT molecular complexity index is 1810. The number of rotatable bonds is 5. The number of hydrogen-bond acceptors (Lipinski definition) is 10. The number of fused-ring (bicyclic) bond motifs is 5. The van der Waals surface area contributed by atoms with Crippen LogP contribution in [0.1, 0.15) is 33.8 Å². The molecule has 2 unspecified atom stereocenters. The van der Waals surface area contributed by atoms with Gasteiger partial charge >= 0.3 is 0 Å². The maximum atomic E-state index is 14.3. The molecule has 2 fully saturated rings. The summed E-state index contributed by atoms with van der Waals surface area (Å²) in [5, 5.41) is 11.8. The number of benzene rings is 2. The van der Waals surface area contributed by atoms with Crippen LogP contribution >= 0.6 is 0 Å². The lowest BCUT2D eigenvalue weighted by Gasteiger charge is -2.52. The molecule has 0 radical (unpaired) electrons. The maximum absolute atomic E-state index is 14.3. The van der Waals surface area contributed by atoms with Crippen LogP contribution in [-0.4, -0.2) is 83.9 Å². The number of ketones is 4. The Kier molecular flexibility index (Phi) is 6.89. The van der Waals surface area contributed by atoms with E-state index in [9.17, 15) is 33.5 Å². The smallest absolute Gasteiger partial charge is 0.235 e. The minimum absolute atomic E-state index is 0.00182. The van der Waals surface area contributed by atoms with Gasteiger partial charge in [0.05, 0.1) is 17.5 Å². The van der Waals surface area contributed by atoms with Crippen LogP contribution in [0.4, 0.5) is 10.1 Å². The third kappa shape index (κ3) is 4.15. The molecule has 228 valence electrons. The Morgan fingerprint density at radius 1 is 1.11 bits per heavy atom. The van der Waals surface area contributed by atoms with E-state index in [2.05, 4.69) is 4.98 Å². The Labute approximate surface area is 251 Å². The predicted molar refractivity (Wildman–Crippen MR) is 157 cm³/mol. The zero-order valence-corrected chi connectivity index (χ0v) is 24.5. The van der Waals surface area contributed by atoms with Crippen LogP contribution in [0.5, 0.6) is 0 Å². The second-order valence-corrected chi connectivity index (χ2v) is 12.2. The highest BCUT2D eigenvalue weighted by molar-refractivity contribution is 6.32. The molecular formula is C32H31FN4O7. The minimum Gasteiger partial charge on any atom is -0.436 e. The van der Waals surface area contributed by atoms with Gasteiger partial charge in [0.15, 0.2) is 40.2 Å². The second-order valence-electron chi connectivity index (χ2n) is 12.2. The summed E-state index contributed by atoms with van der Waals surface area (Å²) in [5.74, 6) is -10.6. The number of oxazole rings is 1. The molecule has 2 saturated carbocycles. The molecule has 3 aliphatic rings. The number of nitrogens with two attached hydrogens (primary N) is 1. The standard InChI is InChI=1S/C32H31FN4O7/c1-36(2)20-13-19-28(44-21(35-19)10-9-14-7-5-6-8-18(14)33)23-16(20)11-15-12-17-25(37(3)4)27(39)24(31(34)42)30(41)32(17,43)29(40)22(15)26(23)38/h5-10,13,15,17,22,24-25,43H,11-12H2,1-4H3,(H2,34,42)/t15-,17-,22?,24?,25-,32-/m0/s1. The maximum Gasteiger partial charge on any atom is 0.235 e. The zero-order valence-electron chi connectivity index (χ0n) is 24.5. The number of halogens is 1. The van der Waals surface area contributed by atoms with Crippen molar-refractivity contribution in [2.45, 2.75) is 24.5 Å². The van der Waals surface area contributed by atoms with E-state index in [1.807, 2.05) is 4.90 Å². The molecule has 2 aromatic carbocycles. The van der Waals surface area contributed by atoms with Gasteiger partial charge in [-0.15, -0.1) is 0 Å². The van der Waals surface area contributed by atoms with Gasteiger partial charge in [-0.2, -0.15) is 0 Å². The van der Waals surface area contributed by atoms with E-state index in [0.29, 0.717) is 22.3 Å². The van der Waals surface area contributed by atoms with Crippen LogP contribution < -0.4 is 10.6 Å². The number of likely N-dealkylation sites (N-methyl/N-ethyl adjacent to an activating group) is 1. The van der Waals surface area contributed by atoms with Gasteiger partial charge in [0, 0.05) is 37.3 Å². The second kappa shape index (κ2) is 10.3. The highest BCUT2D eigenvalue weighted by Gasteiger charge is 2.69. The van der Waals surface area contributed by atoms with Crippen molar-refractivity contribution in [3.63, 3.8) is 0 Å². The minimum atomic E-state index is -2.76. The molecule has 0 saturated heterocycles. The van der Waals surface area contributed by atoms with Gasteiger partial charge in [0.1, 0.15) is 11.3 Å². The Morgan fingerprint density at radius 3 is 2.45 bits per heavy atom. The number of carbonyl (C=O) groups excluding carboxylic acids is 5.